The van der Waals surface area contributed by atoms with E-state index in [-0.39, 0.29) is 11.8 Å². The predicted octanol–water partition coefficient (Wildman–Crippen LogP) is -0.694. The van der Waals surface area contributed by atoms with Crippen LogP contribution in [0.15, 0.2) is 12.4 Å². The summed E-state index contributed by atoms with van der Waals surface area (Å²) in [6.45, 7) is 5.43. The second kappa shape index (κ2) is 6.66. The smallest absolute Gasteiger partial charge is 0.211 e. The molecule has 0 radical (unpaired) electrons. The molecular weight excluding hydrogens is 278 g/mol. The molecule has 0 aliphatic carbocycles. The maximum atomic E-state index is 11.4. The Morgan fingerprint density at radius 3 is 3.00 bits per heavy atom. The molecule has 1 aromatic heterocycles. The number of aromatic nitrogens is 2. The van der Waals surface area contributed by atoms with Gasteiger partial charge in [-0.25, -0.2) is 18.1 Å². The van der Waals surface area contributed by atoms with Gasteiger partial charge >= 0.3 is 0 Å². The molecule has 20 heavy (non-hydrogen) atoms. The van der Waals surface area contributed by atoms with Gasteiger partial charge in [0.2, 0.25) is 10.0 Å². The van der Waals surface area contributed by atoms with Crippen LogP contribution in [-0.4, -0.2) is 61.3 Å². The van der Waals surface area contributed by atoms with E-state index in [1.165, 1.54) is 0 Å². The molecule has 0 bridgehead atoms. The molecule has 0 saturated carbocycles. The van der Waals surface area contributed by atoms with Crippen molar-refractivity contribution in [2.45, 2.75) is 13.0 Å². The van der Waals surface area contributed by atoms with Crippen LogP contribution in [0.25, 0.3) is 0 Å². The molecule has 1 aromatic rings. The second-order valence-electron chi connectivity index (χ2n) is 4.95. The standard InChI is InChI=1S/C12H23N5O2S/c1-3-20(18,19)15-6-9-17-8-4-13-10-11(17)12-14-5-7-16(12)2/h5,7,11,13,15H,3-4,6,8-10H2,1-2H3. The lowest BCUT2D eigenvalue weighted by molar-refractivity contribution is 0.156. The number of aryl methyl sites for hydroxylation is 1. The summed E-state index contributed by atoms with van der Waals surface area (Å²) in [7, 11) is -1.13. The Morgan fingerprint density at radius 1 is 1.55 bits per heavy atom. The lowest BCUT2D eigenvalue weighted by Gasteiger charge is -2.35. The average Bonchev–Trinajstić information content (AvgIpc) is 2.85. The molecule has 8 heteroatoms. The molecular formula is C12H23N5O2S. The molecule has 0 aromatic carbocycles. The first kappa shape index (κ1) is 15.4. The summed E-state index contributed by atoms with van der Waals surface area (Å²) in [6, 6.07) is 0.190. The first-order valence-corrected chi connectivity index (χ1v) is 8.58. The number of nitrogens with one attached hydrogen (secondary N) is 2. The van der Waals surface area contributed by atoms with E-state index in [9.17, 15) is 8.42 Å². The van der Waals surface area contributed by atoms with Crippen LogP contribution in [0.5, 0.6) is 0 Å². The number of piperazine rings is 1. The summed E-state index contributed by atoms with van der Waals surface area (Å²) in [4.78, 5) is 6.68. The Hall–Kier alpha value is -0.960. The van der Waals surface area contributed by atoms with E-state index in [1.54, 1.807) is 13.1 Å². The third-order valence-electron chi connectivity index (χ3n) is 3.61. The van der Waals surface area contributed by atoms with Crippen LogP contribution < -0.4 is 10.0 Å². The number of hydrogen-bond acceptors (Lipinski definition) is 5. The average molecular weight is 301 g/mol. The van der Waals surface area contributed by atoms with Crippen molar-refractivity contribution in [2.75, 3.05) is 38.5 Å². The van der Waals surface area contributed by atoms with Crippen molar-refractivity contribution >= 4 is 10.0 Å². The van der Waals surface area contributed by atoms with Crippen molar-refractivity contribution in [1.82, 2.24) is 24.5 Å². The summed E-state index contributed by atoms with van der Waals surface area (Å²) in [6.07, 6.45) is 3.73. The summed E-state index contributed by atoms with van der Waals surface area (Å²) in [5.41, 5.74) is 0. The molecule has 114 valence electrons. The Balaban J connectivity index is 1.96. The van der Waals surface area contributed by atoms with E-state index in [0.717, 1.165) is 25.5 Å². The van der Waals surface area contributed by atoms with E-state index in [2.05, 4.69) is 19.9 Å². The number of sulfonamides is 1. The first-order valence-electron chi connectivity index (χ1n) is 6.93. The fourth-order valence-electron chi connectivity index (χ4n) is 2.41. The highest BCUT2D eigenvalue weighted by Crippen LogP contribution is 2.19. The van der Waals surface area contributed by atoms with E-state index in [1.807, 2.05) is 17.8 Å². The third-order valence-corrected chi connectivity index (χ3v) is 5.02. The van der Waals surface area contributed by atoms with Crippen LogP contribution in [0, 0.1) is 0 Å². The van der Waals surface area contributed by atoms with Gasteiger partial charge < -0.3 is 9.88 Å². The zero-order valence-electron chi connectivity index (χ0n) is 12.0. The zero-order chi connectivity index (χ0) is 14.6. The largest absolute Gasteiger partial charge is 0.337 e. The second-order valence-corrected chi connectivity index (χ2v) is 7.05. The number of imidazole rings is 1. The van der Waals surface area contributed by atoms with Gasteiger partial charge in [0.15, 0.2) is 0 Å². The summed E-state index contributed by atoms with van der Waals surface area (Å²) in [5.74, 6) is 1.13. The van der Waals surface area contributed by atoms with E-state index < -0.39 is 10.0 Å². The number of nitrogens with zero attached hydrogens (tertiary/aromatic N) is 3. The molecule has 1 aliphatic heterocycles. The van der Waals surface area contributed by atoms with Gasteiger partial charge in [0.1, 0.15) is 5.82 Å². The van der Waals surface area contributed by atoms with Gasteiger partial charge in [-0.1, -0.05) is 0 Å². The highest BCUT2D eigenvalue weighted by Gasteiger charge is 2.26. The molecule has 1 unspecified atom stereocenters. The Labute approximate surface area is 120 Å². The van der Waals surface area contributed by atoms with E-state index >= 15 is 0 Å². The third kappa shape index (κ3) is 3.78. The van der Waals surface area contributed by atoms with Gasteiger partial charge in [-0.05, 0) is 6.92 Å². The van der Waals surface area contributed by atoms with Gasteiger partial charge in [-0.3, -0.25) is 4.90 Å². The maximum Gasteiger partial charge on any atom is 0.211 e. The molecule has 1 fully saturated rings. The van der Waals surface area contributed by atoms with Crippen molar-refractivity contribution in [3.8, 4) is 0 Å². The van der Waals surface area contributed by atoms with E-state index in [4.69, 9.17) is 0 Å². The van der Waals surface area contributed by atoms with Gasteiger partial charge in [-0.15, -0.1) is 0 Å². The number of rotatable bonds is 6. The number of hydrogen-bond donors (Lipinski definition) is 2. The minimum absolute atomic E-state index is 0.122. The molecule has 1 saturated heterocycles. The van der Waals surface area contributed by atoms with Gasteiger partial charge in [0.05, 0.1) is 11.8 Å². The summed E-state index contributed by atoms with van der Waals surface area (Å²) in [5, 5.41) is 3.36. The topological polar surface area (TPSA) is 79.3 Å². The van der Waals surface area contributed by atoms with Crippen molar-refractivity contribution in [1.29, 1.82) is 0 Å². The van der Waals surface area contributed by atoms with Crippen LogP contribution in [0.4, 0.5) is 0 Å². The summed E-state index contributed by atoms with van der Waals surface area (Å²) >= 11 is 0. The highest BCUT2D eigenvalue weighted by molar-refractivity contribution is 7.89. The Kier molecular flexibility index (Phi) is 5.14. The minimum atomic E-state index is -3.11. The minimum Gasteiger partial charge on any atom is -0.337 e. The fourth-order valence-corrected chi connectivity index (χ4v) is 3.02. The fraction of sp³-hybridized carbons (Fsp3) is 0.750. The SMILES string of the molecule is CCS(=O)(=O)NCCN1CCNCC1c1nccn1C. The molecule has 7 nitrogen and oxygen atoms in total. The van der Waals surface area contributed by atoms with Crippen molar-refractivity contribution in [3.63, 3.8) is 0 Å². The molecule has 1 aliphatic rings. The zero-order valence-corrected chi connectivity index (χ0v) is 12.9. The molecule has 1 atom stereocenters. The predicted molar refractivity (Wildman–Crippen MR) is 77.9 cm³/mol. The van der Waals surface area contributed by atoms with Crippen LogP contribution in [0.1, 0.15) is 18.8 Å². The van der Waals surface area contributed by atoms with Crippen LogP contribution in [-0.2, 0) is 17.1 Å². The normalized spacial score (nSPS) is 21.2. The highest BCUT2D eigenvalue weighted by atomic mass is 32.2. The van der Waals surface area contributed by atoms with Gasteiger partial charge in [0.25, 0.3) is 0 Å². The first-order chi connectivity index (χ1) is 9.53. The van der Waals surface area contributed by atoms with Crippen molar-refractivity contribution in [2.24, 2.45) is 7.05 Å². The molecule has 0 amide bonds. The maximum absolute atomic E-state index is 11.4. The monoisotopic (exact) mass is 301 g/mol. The van der Waals surface area contributed by atoms with Crippen molar-refractivity contribution in [3.05, 3.63) is 18.2 Å². The van der Waals surface area contributed by atoms with Gasteiger partial charge in [-0.2, -0.15) is 0 Å². The van der Waals surface area contributed by atoms with Crippen LogP contribution >= 0.6 is 0 Å². The lowest BCUT2D eigenvalue weighted by atomic mass is 10.2. The van der Waals surface area contributed by atoms with Crippen molar-refractivity contribution < 1.29 is 8.42 Å². The van der Waals surface area contributed by atoms with E-state index in [0.29, 0.717) is 13.1 Å². The molecule has 2 N–H and O–H groups in total. The molecule has 2 heterocycles. The van der Waals surface area contributed by atoms with Crippen LogP contribution in [0.2, 0.25) is 0 Å². The Bertz CT molecular complexity index is 528. The van der Waals surface area contributed by atoms with Crippen LogP contribution in [0.3, 0.4) is 0 Å². The van der Waals surface area contributed by atoms with Gasteiger partial charge in [0, 0.05) is 52.2 Å². The molecule has 2 rings (SSSR count). The lowest BCUT2D eigenvalue weighted by Crippen LogP contribution is -2.49. The Morgan fingerprint density at radius 2 is 2.35 bits per heavy atom. The quantitative estimate of drug-likeness (QED) is 0.727. The summed E-state index contributed by atoms with van der Waals surface area (Å²) < 4.78 is 27.5. The molecule has 0 spiro atoms.